The van der Waals surface area contributed by atoms with Crippen LogP contribution in [-0.4, -0.2) is 29.2 Å². The maximum atomic E-state index is 13.1. The van der Waals surface area contributed by atoms with E-state index in [-0.39, 0.29) is 5.91 Å². The average molecular weight is 428 g/mol. The number of furan rings is 1. The summed E-state index contributed by atoms with van der Waals surface area (Å²) in [7, 11) is 1.64. The summed E-state index contributed by atoms with van der Waals surface area (Å²) in [5.74, 6) is -0.204. The number of pyridine rings is 1. The Kier molecular flexibility index (Phi) is 4.72. The molecule has 0 aliphatic heterocycles. The molecule has 0 unspecified atom stereocenters. The van der Waals surface area contributed by atoms with E-state index in [9.17, 15) is 4.79 Å². The normalized spacial score (nSPS) is 11.4. The number of aromatic nitrogens is 2. The second-order valence-electron chi connectivity index (χ2n) is 6.26. The number of aryl methyl sites for hydroxylation is 1. The zero-order chi connectivity index (χ0) is 19.0. The fourth-order valence-corrected chi connectivity index (χ4v) is 3.61. The highest BCUT2D eigenvalue weighted by Gasteiger charge is 2.19. The second-order valence-corrected chi connectivity index (χ2v) is 7.04. The Morgan fingerprint density at radius 1 is 1.30 bits per heavy atom. The minimum atomic E-state index is -0.204. The van der Waals surface area contributed by atoms with Crippen LogP contribution in [0.25, 0.3) is 22.0 Å². The molecule has 4 aromatic rings. The van der Waals surface area contributed by atoms with E-state index in [0.717, 1.165) is 27.8 Å². The van der Waals surface area contributed by atoms with E-state index in [0.29, 0.717) is 29.1 Å². The summed E-state index contributed by atoms with van der Waals surface area (Å²) in [4.78, 5) is 17.6. The van der Waals surface area contributed by atoms with Crippen LogP contribution in [0.4, 0.5) is 5.69 Å². The van der Waals surface area contributed by atoms with Gasteiger partial charge in [-0.25, -0.2) is 0 Å². The highest BCUT2D eigenvalue weighted by Crippen LogP contribution is 2.28. The number of rotatable bonds is 5. The van der Waals surface area contributed by atoms with E-state index >= 15 is 0 Å². The summed E-state index contributed by atoms with van der Waals surface area (Å²) >= 11 is 3.34. The molecule has 3 heterocycles. The number of anilines is 1. The van der Waals surface area contributed by atoms with Gasteiger partial charge in [0.2, 0.25) is 0 Å². The van der Waals surface area contributed by atoms with Crippen molar-refractivity contribution in [3.8, 4) is 0 Å². The maximum absolute atomic E-state index is 13.1. The van der Waals surface area contributed by atoms with Crippen LogP contribution >= 0.6 is 15.9 Å². The molecular formula is C20H18BrN3O3. The summed E-state index contributed by atoms with van der Waals surface area (Å²) in [5.41, 5.74) is 4.45. The average Bonchev–Trinajstić information content (AvgIpc) is 3.16. The van der Waals surface area contributed by atoms with Gasteiger partial charge in [-0.3, -0.25) is 9.78 Å². The van der Waals surface area contributed by atoms with Gasteiger partial charge in [0.15, 0.2) is 10.3 Å². The molecule has 1 amide bonds. The number of carbonyl (C=O) groups excluding carboxylic acids is 1. The Morgan fingerprint density at radius 2 is 2.11 bits per heavy atom. The molecule has 0 saturated carbocycles. The molecule has 0 aliphatic rings. The van der Waals surface area contributed by atoms with E-state index < -0.39 is 0 Å². The lowest BCUT2D eigenvalue weighted by molar-refractivity contribution is 0.101. The second kappa shape index (κ2) is 7.17. The molecule has 0 fully saturated rings. The monoisotopic (exact) mass is 427 g/mol. The third kappa shape index (κ3) is 3.36. The van der Waals surface area contributed by atoms with Crippen molar-refractivity contribution in [3.63, 3.8) is 0 Å². The SMILES string of the molecule is COCCn1c(C(=O)Nc2cc(C)nc3ccccc23)cc2oc(Br)cc21. The summed E-state index contributed by atoms with van der Waals surface area (Å²) in [6.07, 6.45) is 0. The lowest BCUT2D eigenvalue weighted by atomic mass is 10.1. The first-order valence-electron chi connectivity index (χ1n) is 8.52. The van der Waals surface area contributed by atoms with Crippen LogP contribution in [-0.2, 0) is 11.3 Å². The molecule has 0 radical (unpaired) electrons. The molecule has 6 nitrogen and oxygen atoms in total. The first kappa shape index (κ1) is 17.8. The van der Waals surface area contributed by atoms with Crippen molar-refractivity contribution in [2.45, 2.75) is 13.5 Å². The molecule has 1 N–H and O–H groups in total. The van der Waals surface area contributed by atoms with E-state index in [1.165, 1.54) is 0 Å². The molecule has 0 aliphatic carbocycles. The Balaban J connectivity index is 1.74. The Morgan fingerprint density at radius 3 is 2.93 bits per heavy atom. The van der Waals surface area contributed by atoms with Gasteiger partial charge in [-0.2, -0.15) is 0 Å². The summed E-state index contributed by atoms with van der Waals surface area (Å²) in [6.45, 7) is 2.95. The molecule has 4 rings (SSSR count). The standard InChI is InChI=1S/C20H18BrN3O3/c1-12-9-15(13-5-3-4-6-14(13)22-12)23-20(25)17-10-18-16(11-19(21)27-18)24(17)7-8-26-2/h3-6,9-11H,7-8H2,1-2H3,(H,22,23,25). The van der Waals surface area contributed by atoms with Crippen molar-refractivity contribution in [1.82, 2.24) is 9.55 Å². The number of hydrogen-bond donors (Lipinski definition) is 1. The molecule has 27 heavy (non-hydrogen) atoms. The van der Waals surface area contributed by atoms with E-state index in [1.54, 1.807) is 13.2 Å². The number of methoxy groups -OCH3 is 1. The summed E-state index contributed by atoms with van der Waals surface area (Å²) in [6, 6.07) is 13.2. The number of para-hydroxylation sites is 1. The van der Waals surface area contributed by atoms with Crippen LogP contribution in [0.5, 0.6) is 0 Å². The molecule has 0 spiro atoms. The fourth-order valence-electron chi connectivity index (χ4n) is 3.22. The van der Waals surface area contributed by atoms with Crippen LogP contribution in [0, 0.1) is 6.92 Å². The third-order valence-electron chi connectivity index (χ3n) is 4.40. The maximum Gasteiger partial charge on any atom is 0.272 e. The molecule has 1 aromatic carbocycles. The number of nitrogens with one attached hydrogen (secondary N) is 1. The predicted molar refractivity (Wildman–Crippen MR) is 108 cm³/mol. The van der Waals surface area contributed by atoms with Gasteiger partial charge in [0.25, 0.3) is 5.91 Å². The molecule has 0 atom stereocenters. The smallest absolute Gasteiger partial charge is 0.272 e. The number of carbonyl (C=O) groups is 1. The molecule has 7 heteroatoms. The minimum absolute atomic E-state index is 0.204. The van der Waals surface area contributed by atoms with Crippen LogP contribution in [0.1, 0.15) is 16.2 Å². The zero-order valence-electron chi connectivity index (χ0n) is 15.0. The number of fused-ring (bicyclic) bond motifs is 2. The summed E-state index contributed by atoms with van der Waals surface area (Å²) < 4.78 is 13.3. The van der Waals surface area contributed by atoms with Crippen molar-refractivity contribution in [3.05, 3.63) is 58.5 Å². The number of amides is 1. The van der Waals surface area contributed by atoms with E-state index in [1.807, 2.05) is 47.9 Å². The highest BCUT2D eigenvalue weighted by molar-refractivity contribution is 9.10. The Labute approximate surface area is 164 Å². The zero-order valence-corrected chi connectivity index (χ0v) is 16.5. The first-order valence-corrected chi connectivity index (χ1v) is 9.31. The largest absolute Gasteiger partial charge is 0.448 e. The molecule has 0 saturated heterocycles. The van der Waals surface area contributed by atoms with E-state index in [4.69, 9.17) is 9.15 Å². The molecular weight excluding hydrogens is 410 g/mol. The number of ether oxygens (including phenoxy) is 1. The van der Waals surface area contributed by atoms with Gasteiger partial charge in [-0.1, -0.05) is 18.2 Å². The van der Waals surface area contributed by atoms with Crippen molar-refractivity contribution in [2.24, 2.45) is 0 Å². The predicted octanol–water partition coefficient (Wildman–Crippen LogP) is 4.75. The topological polar surface area (TPSA) is 69.3 Å². The van der Waals surface area contributed by atoms with Gasteiger partial charge in [-0.15, -0.1) is 0 Å². The number of nitrogens with zero attached hydrogens (tertiary/aromatic N) is 2. The highest BCUT2D eigenvalue weighted by atomic mass is 79.9. The van der Waals surface area contributed by atoms with Crippen molar-refractivity contribution >= 4 is 49.5 Å². The van der Waals surface area contributed by atoms with Crippen LogP contribution in [0.15, 0.2) is 51.6 Å². The van der Waals surface area contributed by atoms with Crippen molar-refractivity contribution in [2.75, 3.05) is 19.0 Å². The van der Waals surface area contributed by atoms with Gasteiger partial charge in [0.05, 0.1) is 23.3 Å². The molecule has 138 valence electrons. The van der Waals surface area contributed by atoms with Gasteiger partial charge < -0.3 is 19.0 Å². The van der Waals surface area contributed by atoms with Crippen LogP contribution < -0.4 is 5.32 Å². The van der Waals surface area contributed by atoms with Crippen molar-refractivity contribution < 1.29 is 13.9 Å². The van der Waals surface area contributed by atoms with Gasteiger partial charge in [0.1, 0.15) is 5.69 Å². The number of benzene rings is 1. The van der Waals surface area contributed by atoms with Gasteiger partial charge in [-0.05, 0) is 35.0 Å². The first-order chi connectivity index (χ1) is 13.1. The molecule has 0 bridgehead atoms. The van der Waals surface area contributed by atoms with E-state index in [2.05, 4.69) is 26.2 Å². The van der Waals surface area contributed by atoms with Crippen LogP contribution in [0.3, 0.4) is 0 Å². The number of hydrogen-bond acceptors (Lipinski definition) is 4. The summed E-state index contributed by atoms with van der Waals surface area (Å²) in [5, 5.41) is 3.93. The minimum Gasteiger partial charge on any atom is -0.448 e. The Hall–Kier alpha value is -2.64. The quantitative estimate of drug-likeness (QED) is 0.498. The van der Waals surface area contributed by atoms with Gasteiger partial charge in [0, 0.05) is 36.9 Å². The lowest BCUT2D eigenvalue weighted by Crippen LogP contribution is -2.18. The van der Waals surface area contributed by atoms with Gasteiger partial charge >= 0.3 is 0 Å². The van der Waals surface area contributed by atoms with Crippen LogP contribution in [0.2, 0.25) is 0 Å². The number of halogens is 1. The fraction of sp³-hybridized carbons (Fsp3) is 0.200. The third-order valence-corrected chi connectivity index (χ3v) is 4.79. The lowest BCUT2D eigenvalue weighted by Gasteiger charge is -2.12. The molecule has 3 aromatic heterocycles. The Bertz CT molecular complexity index is 1150. The van der Waals surface area contributed by atoms with Crippen molar-refractivity contribution in [1.29, 1.82) is 0 Å².